The Balaban J connectivity index is 2.38. The molecule has 1 aliphatic heterocycles. The van der Waals surface area contributed by atoms with Gasteiger partial charge in [-0.3, -0.25) is 0 Å². The van der Waals surface area contributed by atoms with Crippen LogP contribution in [0.4, 0.5) is 0 Å². The monoisotopic (exact) mass is 248 g/mol. The summed E-state index contributed by atoms with van der Waals surface area (Å²) in [6, 6.07) is 0.524. The fourth-order valence-electron chi connectivity index (χ4n) is 1.99. The summed E-state index contributed by atoms with van der Waals surface area (Å²) >= 11 is 0. The van der Waals surface area contributed by atoms with Gasteiger partial charge < -0.3 is 10.2 Å². The van der Waals surface area contributed by atoms with Crippen molar-refractivity contribution >= 4 is 9.84 Å². The lowest BCUT2D eigenvalue weighted by Crippen LogP contribution is -2.46. The Morgan fingerprint density at radius 1 is 1.44 bits per heavy atom. The summed E-state index contributed by atoms with van der Waals surface area (Å²) in [5.74, 6) is 0.293. The second-order valence-electron chi connectivity index (χ2n) is 4.84. The summed E-state index contributed by atoms with van der Waals surface area (Å²) in [7, 11) is -0.913. The molecule has 0 saturated carbocycles. The number of likely N-dealkylation sites (tertiary alicyclic amines) is 1. The van der Waals surface area contributed by atoms with Gasteiger partial charge in [-0.25, -0.2) is 8.42 Å². The smallest absolute Gasteiger partial charge is 0.153 e. The van der Waals surface area contributed by atoms with Crippen LogP contribution in [-0.2, 0) is 9.84 Å². The SMILES string of the molecule is CNC1CCCN(CCS(=O)(=O)C(C)C)C1. The van der Waals surface area contributed by atoms with Crippen molar-refractivity contribution in [3.8, 4) is 0 Å². The van der Waals surface area contributed by atoms with E-state index in [4.69, 9.17) is 0 Å². The Morgan fingerprint density at radius 3 is 2.69 bits per heavy atom. The quantitative estimate of drug-likeness (QED) is 0.769. The summed E-state index contributed by atoms with van der Waals surface area (Å²) < 4.78 is 23.4. The summed E-state index contributed by atoms with van der Waals surface area (Å²) in [5, 5.41) is 3.01. The van der Waals surface area contributed by atoms with Gasteiger partial charge in [0.1, 0.15) is 0 Å². The molecular weight excluding hydrogens is 224 g/mol. The molecule has 16 heavy (non-hydrogen) atoms. The van der Waals surface area contributed by atoms with Crippen LogP contribution in [0.5, 0.6) is 0 Å². The number of rotatable bonds is 5. The van der Waals surface area contributed by atoms with Crippen LogP contribution in [0.3, 0.4) is 0 Å². The predicted octanol–water partition coefficient (Wildman–Crippen LogP) is 0.493. The predicted molar refractivity (Wildman–Crippen MR) is 67.4 cm³/mol. The average Bonchev–Trinajstić information content (AvgIpc) is 2.26. The normalized spacial score (nSPS) is 23.9. The van der Waals surface area contributed by atoms with E-state index in [0.717, 1.165) is 19.5 Å². The molecule has 96 valence electrons. The van der Waals surface area contributed by atoms with Gasteiger partial charge in [0.05, 0.1) is 11.0 Å². The lowest BCUT2D eigenvalue weighted by Gasteiger charge is -2.32. The first-order chi connectivity index (χ1) is 7.45. The third kappa shape index (κ3) is 4.03. The first-order valence-corrected chi connectivity index (χ1v) is 7.78. The van der Waals surface area contributed by atoms with E-state index in [9.17, 15) is 8.42 Å². The van der Waals surface area contributed by atoms with Crippen LogP contribution in [0.25, 0.3) is 0 Å². The van der Waals surface area contributed by atoms with Crippen molar-refractivity contribution in [2.45, 2.75) is 38.0 Å². The van der Waals surface area contributed by atoms with Crippen molar-refractivity contribution in [2.75, 3.05) is 32.4 Å². The zero-order chi connectivity index (χ0) is 12.2. The topological polar surface area (TPSA) is 49.4 Å². The zero-order valence-electron chi connectivity index (χ0n) is 10.6. The second-order valence-corrected chi connectivity index (χ2v) is 7.52. The molecule has 0 aromatic carbocycles. The van der Waals surface area contributed by atoms with Gasteiger partial charge in [-0.15, -0.1) is 0 Å². The Morgan fingerprint density at radius 2 is 2.12 bits per heavy atom. The maximum Gasteiger partial charge on any atom is 0.153 e. The maximum absolute atomic E-state index is 11.7. The van der Waals surface area contributed by atoms with Gasteiger partial charge in [0.2, 0.25) is 0 Å². The van der Waals surface area contributed by atoms with Crippen LogP contribution in [0.1, 0.15) is 26.7 Å². The maximum atomic E-state index is 11.7. The highest BCUT2D eigenvalue weighted by Crippen LogP contribution is 2.10. The molecule has 5 heteroatoms. The number of piperidine rings is 1. The van der Waals surface area contributed by atoms with E-state index in [1.165, 1.54) is 6.42 Å². The minimum atomic E-state index is -2.88. The van der Waals surface area contributed by atoms with Crippen molar-refractivity contribution in [1.82, 2.24) is 10.2 Å². The van der Waals surface area contributed by atoms with Crippen LogP contribution >= 0.6 is 0 Å². The zero-order valence-corrected chi connectivity index (χ0v) is 11.4. The number of hydrogen-bond acceptors (Lipinski definition) is 4. The van der Waals surface area contributed by atoms with Crippen molar-refractivity contribution in [2.24, 2.45) is 0 Å². The molecule has 1 fully saturated rings. The Labute approximate surface area is 99.3 Å². The number of hydrogen-bond donors (Lipinski definition) is 1. The summed E-state index contributed by atoms with van der Waals surface area (Å²) in [6.45, 7) is 6.19. The van der Waals surface area contributed by atoms with E-state index in [0.29, 0.717) is 18.3 Å². The highest BCUT2D eigenvalue weighted by molar-refractivity contribution is 7.92. The Hall–Kier alpha value is -0.130. The number of nitrogens with one attached hydrogen (secondary N) is 1. The second kappa shape index (κ2) is 5.98. The molecule has 1 rings (SSSR count). The molecule has 0 aliphatic carbocycles. The molecule has 1 heterocycles. The molecule has 0 radical (unpaired) electrons. The molecule has 0 amide bonds. The molecule has 4 nitrogen and oxygen atoms in total. The molecular formula is C11H24N2O2S. The number of likely N-dealkylation sites (N-methyl/N-ethyl adjacent to an activating group) is 1. The third-order valence-electron chi connectivity index (χ3n) is 3.32. The van der Waals surface area contributed by atoms with Gasteiger partial charge in [0.15, 0.2) is 9.84 Å². The fourth-order valence-corrected chi connectivity index (χ4v) is 2.97. The van der Waals surface area contributed by atoms with E-state index in [1.807, 2.05) is 7.05 Å². The van der Waals surface area contributed by atoms with Crippen molar-refractivity contribution in [1.29, 1.82) is 0 Å². The van der Waals surface area contributed by atoms with Gasteiger partial charge in [-0.1, -0.05) is 0 Å². The fraction of sp³-hybridized carbons (Fsp3) is 1.00. The lowest BCUT2D eigenvalue weighted by molar-refractivity contribution is 0.205. The molecule has 1 unspecified atom stereocenters. The molecule has 0 aromatic rings. The van der Waals surface area contributed by atoms with Gasteiger partial charge in [-0.2, -0.15) is 0 Å². The minimum Gasteiger partial charge on any atom is -0.316 e. The van der Waals surface area contributed by atoms with Gasteiger partial charge in [0, 0.05) is 19.1 Å². The van der Waals surface area contributed by atoms with Crippen LogP contribution in [-0.4, -0.2) is 57.0 Å². The lowest BCUT2D eigenvalue weighted by atomic mass is 10.1. The standard InChI is InChI=1S/C11H24N2O2S/c1-10(2)16(14,15)8-7-13-6-4-5-11(9-13)12-3/h10-12H,4-9H2,1-3H3. The molecule has 1 saturated heterocycles. The van der Waals surface area contributed by atoms with Crippen LogP contribution in [0.15, 0.2) is 0 Å². The molecule has 0 spiro atoms. The first-order valence-electron chi connectivity index (χ1n) is 6.07. The van der Waals surface area contributed by atoms with Crippen molar-refractivity contribution in [3.63, 3.8) is 0 Å². The molecule has 0 bridgehead atoms. The number of sulfone groups is 1. The van der Waals surface area contributed by atoms with E-state index < -0.39 is 9.84 Å². The number of nitrogens with zero attached hydrogens (tertiary/aromatic N) is 1. The highest BCUT2D eigenvalue weighted by Gasteiger charge is 2.21. The van der Waals surface area contributed by atoms with Gasteiger partial charge >= 0.3 is 0 Å². The van der Waals surface area contributed by atoms with Gasteiger partial charge in [0.25, 0.3) is 0 Å². The van der Waals surface area contributed by atoms with Crippen LogP contribution in [0.2, 0.25) is 0 Å². The highest BCUT2D eigenvalue weighted by atomic mass is 32.2. The molecule has 1 N–H and O–H groups in total. The van der Waals surface area contributed by atoms with E-state index >= 15 is 0 Å². The van der Waals surface area contributed by atoms with Crippen molar-refractivity contribution in [3.05, 3.63) is 0 Å². The Bertz CT molecular complexity index is 301. The van der Waals surface area contributed by atoms with E-state index in [-0.39, 0.29) is 5.25 Å². The van der Waals surface area contributed by atoms with E-state index in [1.54, 1.807) is 13.8 Å². The van der Waals surface area contributed by atoms with E-state index in [2.05, 4.69) is 10.2 Å². The van der Waals surface area contributed by atoms with Crippen molar-refractivity contribution < 1.29 is 8.42 Å². The minimum absolute atomic E-state index is 0.252. The summed E-state index contributed by atoms with van der Waals surface area (Å²) in [6.07, 6.45) is 2.36. The molecule has 1 atom stereocenters. The average molecular weight is 248 g/mol. The van der Waals surface area contributed by atoms with Crippen LogP contribution < -0.4 is 5.32 Å². The third-order valence-corrected chi connectivity index (χ3v) is 5.51. The van der Waals surface area contributed by atoms with Crippen LogP contribution in [0, 0.1) is 0 Å². The Kier molecular flexibility index (Phi) is 5.21. The first kappa shape index (κ1) is 13.9. The largest absolute Gasteiger partial charge is 0.316 e. The van der Waals surface area contributed by atoms with Gasteiger partial charge in [-0.05, 0) is 40.3 Å². The molecule has 0 aromatic heterocycles. The molecule has 1 aliphatic rings. The summed E-state index contributed by atoms with van der Waals surface area (Å²) in [5.41, 5.74) is 0. The summed E-state index contributed by atoms with van der Waals surface area (Å²) in [4.78, 5) is 2.25.